The second kappa shape index (κ2) is 3.75. The molecule has 0 aliphatic heterocycles. The number of halogens is 1. The molecule has 4 heteroatoms. The van der Waals surface area contributed by atoms with E-state index in [2.05, 4.69) is 27.6 Å². The van der Waals surface area contributed by atoms with Crippen molar-refractivity contribution in [3.8, 4) is 0 Å². The first-order valence-corrected chi connectivity index (χ1v) is 4.53. The van der Waals surface area contributed by atoms with Gasteiger partial charge in [0.15, 0.2) is 5.96 Å². The Kier molecular flexibility index (Phi) is 2.91. The van der Waals surface area contributed by atoms with Crippen molar-refractivity contribution < 1.29 is 0 Å². The summed E-state index contributed by atoms with van der Waals surface area (Å²) < 4.78 is 1.05. The zero-order valence-corrected chi connectivity index (χ0v) is 8.87. The molecule has 0 spiro atoms. The lowest BCUT2D eigenvalue weighted by Crippen LogP contribution is -2.22. The molecule has 0 aliphatic carbocycles. The van der Waals surface area contributed by atoms with E-state index in [0.29, 0.717) is 0 Å². The van der Waals surface area contributed by atoms with Crippen LogP contribution in [0.4, 0.5) is 5.69 Å². The van der Waals surface area contributed by atoms with Crippen LogP contribution >= 0.6 is 22.6 Å². The first-order valence-electron chi connectivity index (χ1n) is 3.45. The molecule has 4 N–H and O–H groups in total. The van der Waals surface area contributed by atoms with Crippen molar-refractivity contribution in [3.05, 3.63) is 27.3 Å². The third kappa shape index (κ3) is 2.37. The summed E-state index contributed by atoms with van der Waals surface area (Å²) in [4.78, 5) is 3.98. The standard InChI is InChI=1S/C8H10IN3/c1-5-2-3-6(9)7(4-5)12-8(10)11/h2-4H,1H3,(H4,10,11,12). The molecule has 0 atom stereocenters. The van der Waals surface area contributed by atoms with E-state index in [0.717, 1.165) is 14.8 Å². The van der Waals surface area contributed by atoms with Crippen LogP contribution in [0.25, 0.3) is 0 Å². The molecule has 3 nitrogen and oxygen atoms in total. The van der Waals surface area contributed by atoms with Crippen LogP contribution in [0, 0.1) is 10.5 Å². The molecule has 64 valence electrons. The number of hydrogen-bond donors (Lipinski definition) is 2. The number of benzene rings is 1. The Morgan fingerprint density at radius 3 is 2.67 bits per heavy atom. The maximum absolute atomic E-state index is 5.27. The molecule has 0 saturated heterocycles. The predicted molar refractivity (Wildman–Crippen MR) is 59.4 cm³/mol. The van der Waals surface area contributed by atoms with Crippen molar-refractivity contribution in [2.24, 2.45) is 16.5 Å². The smallest absolute Gasteiger partial charge is 0.191 e. The summed E-state index contributed by atoms with van der Waals surface area (Å²) in [6.07, 6.45) is 0. The fourth-order valence-corrected chi connectivity index (χ4v) is 1.30. The average Bonchev–Trinajstić information content (AvgIpc) is 1.96. The summed E-state index contributed by atoms with van der Waals surface area (Å²) in [6.45, 7) is 2.00. The monoisotopic (exact) mass is 275 g/mol. The maximum Gasteiger partial charge on any atom is 0.191 e. The van der Waals surface area contributed by atoms with Crippen LogP contribution < -0.4 is 11.5 Å². The first-order chi connectivity index (χ1) is 5.59. The SMILES string of the molecule is Cc1ccc(I)c(N=C(N)N)c1. The topological polar surface area (TPSA) is 64.4 Å². The van der Waals surface area contributed by atoms with Gasteiger partial charge in [-0.05, 0) is 47.2 Å². The Morgan fingerprint density at radius 2 is 2.08 bits per heavy atom. The number of hydrogen-bond acceptors (Lipinski definition) is 1. The number of nitrogens with two attached hydrogens (primary N) is 2. The van der Waals surface area contributed by atoms with Crippen LogP contribution in [0.1, 0.15) is 5.56 Å². The second-order valence-corrected chi connectivity index (χ2v) is 3.65. The molecule has 0 radical (unpaired) electrons. The Balaban J connectivity index is 3.14. The van der Waals surface area contributed by atoms with Gasteiger partial charge in [0.25, 0.3) is 0 Å². The van der Waals surface area contributed by atoms with E-state index in [-0.39, 0.29) is 5.96 Å². The summed E-state index contributed by atoms with van der Waals surface area (Å²) in [7, 11) is 0. The van der Waals surface area contributed by atoms with Gasteiger partial charge in [0, 0.05) is 3.57 Å². The third-order valence-corrected chi connectivity index (χ3v) is 2.26. The number of aliphatic imine (C=N–C) groups is 1. The predicted octanol–water partition coefficient (Wildman–Crippen LogP) is 1.50. The fourth-order valence-electron chi connectivity index (χ4n) is 0.847. The first kappa shape index (κ1) is 9.31. The van der Waals surface area contributed by atoms with Crippen LogP contribution in [0.5, 0.6) is 0 Å². The van der Waals surface area contributed by atoms with Gasteiger partial charge in [-0.1, -0.05) is 6.07 Å². The Labute approximate surface area is 85.0 Å². The molecule has 0 saturated carbocycles. The van der Waals surface area contributed by atoms with E-state index in [9.17, 15) is 0 Å². The van der Waals surface area contributed by atoms with Crippen molar-refractivity contribution in [1.29, 1.82) is 0 Å². The van der Waals surface area contributed by atoms with Crippen molar-refractivity contribution in [3.63, 3.8) is 0 Å². The zero-order valence-electron chi connectivity index (χ0n) is 6.71. The summed E-state index contributed by atoms with van der Waals surface area (Å²) >= 11 is 2.19. The molecular formula is C8H10IN3. The molecule has 0 fully saturated rings. The second-order valence-electron chi connectivity index (χ2n) is 2.49. The van der Waals surface area contributed by atoms with E-state index in [1.807, 2.05) is 25.1 Å². The molecule has 0 bridgehead atoms. The van der Waals surface area contributed by atoms with Crippen LogP contribution in [-0.4, -0.2) is 5.96 Å². The lowest BCUT2D eigenvalue weighted by molar-refractivity contribution is 1.37. The highest BCUT2D eigenvalue weighted by atomic mass is 127. The minimum absolute atomic E-state index is 0.0958. The van der Waals surface area contributed by atoms with Gasteiger partial charge < -0.3 is 11.5 Å². The van der Waals surface area contributed by atoms with E-state index >= 15 is 0 Å². The molecule has 0 heterocycles. The molecule has 1 aromatic rings. The number of rotatable bonds is 1. The minimum Gasteiger partial charge on any atom is -0.370 e. The van der Waals surface area contributed by atoms with Crippen molar-refractivity contribution in [2.45, 2.75) is 6.92 Å². The fraction of sp³-hybridized carbons (Fsp3) is 0.125. The molecule has 12 heavy (non-hydrogen) atoms. The summed E-state index contributed by atoms with van der Waals surface area (Å²) in [5.41, 5.74) is 12.5. The molecule has 0 unspecified atom stereocenters. The summed E-state index contributed by atoms with van der Waals surface area (Å²) in [6, 6.07) is 5.95. The molecule has 0 aliphatic rings. The molecular weight excluding hydrogens is 265 g/mol. The lowest BCUT2D eigenvalue weighted by atomic mass is 10.2. The van der Waals surface area contributed by atoms with Gasteiger partial charge in [-0.25, -0.2) is 4.99 Å². The number of aryl methyl sites for hydroxylation is 1. The normalized spacial score (nSPS) is 9.50. The molecule has 1 rings (SSSR count). The Hall–Kier alpha value is -0.780. The summed E-state index contributed by atoms with van der Waals surface area (Å²) in [5, 5.41) is 0. The highest BCUT2D eigenvalue weighted by molar-refractivity contribution is 14.1. The van der Waals surface area contributed by atoms with E-state index in [4.69, 9.17) is 11.5 Å². The van der Waals surface area contributed by atoms with Gasteiger partial charge in [0.2, 0.25) is 0 Å². The highest BCUT2D eigenvalue weighted by Crippen LogP contribution is 2.21. The Morgan fingerprint density at radius 1 is 1.42 bits per heavy atom. The van der Waals surface area contributed by atoms with Gasteiger partial charge in [-0.15, -0.1) is 0 Å². The van der Waals surface area contributed by atoms with Crippen molar-refractivity contribution in [2.75, 3.05) is 0 Å². The molecule has 1 aromatic carbocycles. The van der Waals surface area contributed by atoms with Gasteiger partial charge >= 0.3 is 0 Å². The largest absolute Gasteiger partial charge is 0.370 e. The Bertz CT molecular complexity index is 316. The highest BCUT2D eigenvalue weighted by Gasteiger charge is 1.97. The summed E-state index contributed by atoms with van der Waals surface area (Å²) in [5.74, 6) is 0.0958. The van der Waals surface area contributed by atoms with E-state index < -0.39 is 0 Å². The lowest BCUT2D eigenvalue weighted by Gasteiger charge is -1.99. The quantitative estimate of drug-likeness (QED) is 0.463. The van der Waals surface area contributed by atoms with Gasteiger partial charge in [-0.3, -0.25) is 0 Å². The van der Waals surface area contributed by atoms with Gasteiger partial charge in [-0.2, -0.15) is 0 Å². The third-order valence-electron chi connectivity index (χ3n) is 1.35. The van der Waals surface area contributed by atoms with Gasteiger partial charge in [0.05, 0.1) is 5.69 Å². The van der Waals surface area contributed by atoms with Crippen molar-refractivity contribution in [1.82, 2.24) is 0 Å². The van der Waals surface area contributed by atoms with Crippen LogP contribution in [0.15, 0.2) is 23.2 Å². The molecule has 0 aromatic heterocycles. The van der Waals surface area contributed by atoms with Crippen molar-refractivity contribution >= 4 is 34.2 Å². The zero-order chi connectivity index (χ0) is 9.14. The van der Waals surface area contributed by atoms with Crippen LogP contribution in [0.3, 0.4) is 0 Å². The minimum atomic E-state index is 0.0958. The van der Waals surface area contributed by atoms with Gasteiger partial charge in [0.1, 0.15) is 0 Å². The number of nitrogens with zero attached hydrogens (tertiary/aromatic N) is 1. The average molecular weight is 275 g/mol. The van der Waals surface area contributed by atoms with E-state index in [1.165, 1.54) is 0 Å². The molecule has 0 amide bonds. The van der Waals surface area contributed by atoms with E-state index in [1.54, 1.807) is 0 Å². The number of guanidine groups is 1. The maximum atomic E-state index is 5.27. The van der Waals surface area contributed by atoms with Crippen LogP contribution in [0.2, 0.25) is 0 Å². The van der Waals surface area contributed by atoms with Crippen LogP contribution in [-0.2, 0) is 0 Å².